The average molecular weight is 183 g/mol. The van der Waals surface area contributed by atoms with Crippen LogP contribution in [-0.4, -0.2) is 7.05 Å². The SMILES string of the molecule is CNc1ccc(Cl)c2c1CNC2. The summed E-state index contributed by atoms with van der Waals surface area (Å²) >= 11 is 6.03. The van der Waals surface area contributed by atoms with Crippen LogP contribution in [0.4, 0.5) is 5.69 Å². The van der Waals surface area contributed by atoms with E-state index in [-0.39, 0.29) is 0 Å². The first-order valence-electron chi connectivity index (χ1n) is 4.01. The van der Waals surface area contributed by atoms with Crippen molar-refractivity contribution in [3.8, 4) is 0 Å². The summed E-state index contributed by atoms with van der Waals surface area (Å²) < 4.78 is 0. The Morgan fingerprint density at radius 1 is 1.33 bits per heavy atom. The second kappa shape index (κ2) is 2.96. The Hall–Kier alpha value is -0.730. The smallest absolute Gasteiger partial charge is 0.0455 e. The number of anilines is 1. The molecule has 12 heavy (non-hydrogen) atoms. The molecule has 2 rings (SSSR count). The average Bonchev–Trinajstić information content (AvgIpc) is 2.54. The molecule has 1 aromatic carbocycles. The monoisotopic (exact) mass is 182 g/mol. The first-order chi connectivity index (χ1) is 5.83. The minimum absolute atomic E-state index is 0.869. The predicted octanol–water partition coefficient (Wildman–Crippen LogP) is 1.98. The van der Waals surface area contributed by atoms with E-state index in [0.717, 1.165) is 18.1 Å². The molecular formula is C9H11ClN2. The fraction of sp³-hybridized carbons (Fsp3) is 0.333. The van der Waals surface area contributed by atoms with Crippen molar-refractivity contribution >= 4 is 17.3 Å². The minimum Gasteiger partial charge on any atom is -0.388 e. The van der Waals surface area contributed by atoms with Gasteiger partial charge in [0, 0.05) is 30.8 Å². The van der Waals surface area contributed by atoms with Crippen molar-refractivity contribution in [1.29, 1.82) is 0 Å². The molecule has 0 unspecified atom stereocenters. The van der Waals surface area contributed by atoms with Crippen LogP contribution >= 0.6 is 11.6 Å². The van der Waals surface area contributed by atoms with Crippen LogP contribution in [0, 0.1) is 0 Å². The van der Waals surface area contributed by atoms with Crippen LogP contribution in [0.3, 0.4) is 0 Å². The molecule has 0 saturated carbocycles. The lowest BCUT2D eigenvalue weighted by Crippen LogP contribution is -2.01. The summed E-state index contributed by atoms with van der Waals surface area (Å²) in [5.41, 5.74) is 3.73. The summed E-state index contributed by atoms with van der Waals surface area (Å²) in [6, 6.07) is 3.97. The summed E-state index contributed by atoms with van der Waals surface area (Å²) in [6.45, 7) is 1.82. The Kier molecular flexibility index (Phi) is 1.95. The third-order valence-electron chi connectivity index (χ3n) is 2.25. The first-order valence-corrected chi connectivity index (χ1v) is 4.39. The fourth-order valence-corrected chi connectivity index (χ4v) is 1.85. The van der Waals surface area contributed by atoms with E-state index in [0.29, 0.717) is 0 Å². The van der Waals surface area contributed by atoms with E-state index >= 15 is 0 Å². The molecule has 3 heteroatoms. The van der Waals surface area contributed by atoms with Gasteiger partial charge in [0.05, 0.1) is 0 Å². The number of fused-ring (bicyclic) bond motifs is 1. The van der Waals surface area contributed by atoms with Crippen molar-refractivity contribution in [3.63, 3.8) is 0 Å². The van der Waals surface area contributed by atoms with Crippen LogP contribution in [0.2, 0.25) is 5.02 Å². The van der Waals surface area contributed by atoms with Gasteiger partial charge < -0.3 is 10.6 Å². The van der Waals surface area contributed by atoms with Gasteiger partial charge in [-0.1, -0.05) is 11.6 Å². The van der Waals surface area contributed by atoms with Crippen LogP contribution in [-0.2, 0) is 13.1 Å². The predicted molar refractivity (Wildman–Crippen MR) is 51.5 cm³/mol. The molecule has 0 aromatic heterocycles. The van der Waals surface area contributed by atoms with Crippen molar-refractivity contribution in [2.75, 3.05) is 12.4 Å². The van der Waals surface area contributed by atoms with Gasteiger partial charge in [-0.05, 0) is 23.3 Å². The van der Waals surface area contributed by atoms with Gasteiger partial charge in [-0.25, -0.2) is 0 Å². The largest absolute Gasteiger partial charge is 0.388 e. The zero-order chi connectivity index (χ0) is 8.55. The second-order valence-corrected chi connectivity index (χ2v) is 3.31. The van der Waals surface area contributed by atoms with Gasteiger partial charge in [0.2, 0.25) is 0 Å². The lowest BCUT2D eigenvalue weighted by atomic mass is 10.1. The van der Waals surface area contributed by atoms with Gasteiger partial charge >= 0.3 is 0 Å². The molecule has 0 spiro atoms. The van der Waals surface area contributed by atoms with Crippen LogP contribution in [0.1, 0.15) is 11.1 Å². The summed E-state index contributed by atoms with van der Waals surface area (Å²) in [4.78, 5) is 0. The van der Waals surface area contributed by atoms with Crippen molar-refractivity contribution in [3.05, 3.63) is 28.3 Å². The third-order valence-corrected chi connectivity index (χ3v) is 2.60. The quantitative estimate of drug-likeness (QED) is 0.694. The summed E-state index contributed by atoms with van der Waals surface area (Å²) in [6.07, 6.45) is 0. The second-order valence-electron chi connectivity index (χ2n) is 2.91. The summed E-state index contributed by atoms with van der Waals surface area (Å²) in [5.74, 6) is 0. The van der Waals surface area contributed by atoms with E-state index in [1.165, 1.54) is 16.8 Å². The van der Waals surface area contributed by atoms with Gasteiger partial charge in [0.25, 0.3) is 0 Å². The van der Waals surface area contributed by atoms with Gasteiger partial charge in [-0.2, -0.15) is 0 Å². The number of nitrogens with one attached hydrogen (secondary N) is 2. The van der Waals surface area contributed by atoms with E-state index in [1.807, 2.05) is 19.2 Å². The topological polar surface area (TPSA) is 24.1 Å². The molecule has 0 amide bonds. The van der Waals surface area contributed by atoms with Crippen molar-refractivity contribution in [2.24, 2.45) is 0 Å². The molecule has 64 valence electrons. The summed E-state index contributed by atoms with van der Waals surface area (Å²) in [5, 5.41) is 7.30. The molecule has 0 saturated heterocycles. The maximum atomic E-state index is 6.03. The molecule has 0 bridgehead atoms. The molecule has 1 aromatic rings. The standard InChI is InChI=1S/C9H11ClN2/c1-11-9-3-2-8(10)6-4-12-5-7(6)9/h2-3,11-12H,4-5H2,1H3. The maximum Gasteiger partial charge on any atom is 0.0455 e. The van der Waals surface area contributed by atoms with Crippen LogP contribution in [0.25, 0.3) is 0 Å². The number of halogens is 1. The zero-order valence-electron chi connectivity index (χ0n) is 6.95. The summed E-state index contributed by atoms with van der Waals surface area (Å²) in [7, 11) is 1.93. The zero-order valence-corrected chi connectivity index (χ0v) is 7.70. The van der Waals surface area contributed by atoms with Crippen molar-refractivity contribution in [2.45, 2.75) is 13.1 Å². The molecule has 0 atom stereocenters. The van der Waals surface area contributed by atoms with Crippen molar-refractivity contribution in [1.82, 2.24) is 5.32 Å². The van der Waals surface area contributed by atoms with Crippen LogP contribution < -0.4 is 10.6 Å². The lowest BCUT2D eigenvalue weighted by Gasteiger charge is -2.07. The van der Waals surface area contributed by atoms with E-state index in [2.05, 4.69) is 10.6 Å². The Morgan fingerprint density at radius 3 is 2.83 bits per heavy atom. The molecule has 0 fully saturated rings. The fourth-order valence-electron chi connectivity index (χ4n) is 1.60. The lowest BCUT2D eigenvalue weighted by molar-refractivity contribution is 0.765. The Morgan fingerprint density at radius 2 is 2.08 bits per heavy atom. The molecule has 1 heterocycles. The Bertz CT molecular complexity index is 310. The van der Waals surface area contributed by atoms with Crippen LogP contribution in [0.15, 0.2) is 12.1 Å². The molecule has 1 aliphatic heterocycles. The highest BCUT2D eigenvalue weighted by Gasteiger charge is 2.16. The number of hydrogen-bond donors (Lipinski definition) is 2. The third kappa shape index (κ3) is 1.08. The maximum absolute atomic E-state index is 6.03. The van der Waals surface area contributed by atoms with Gasteiger partial charge in [-0.3, -0.25) is 0 Å². The number of hydrogen-bond acceptors (Lipinski definition) is 2. The molecule has 2 N–H and O–H groups in total. The molecule has 0 radical (unpaired) electrons. The minimum atomic E-state index is 0.869. The molecular weight excluding hydrogens is 172 g/mol. The van der Waals surface area contributed by atoms with E-state index < -0.39 is 0 Å². The first kappa shape index (κ1) is 7.90. The van der Waals surface area contributed by atoms with Gasteiger partial charge in [-0.15, -0.1) is 0 Å². The molecule has 1 aliphatic rings. The van der Waals surface area contributed by atoms with E-state index in [9.17, 15) is 0 Å². The normalized spacial score (nSPS) is 14.5. The Balaban J connectivity index is 2.57. The highest BCUT2D eigenvalue weighted by atomic mass is 35.5. The van der Waals surface area contributed by atoms with Gasteiger partial charge in [0.1, 0.15) is 0 Å². The number of benzene rings is 1. The molecule has 0 aliphatic carbocycles. The van der Waals surface area contributed by atoms with Crippen LogP contribution in [0.5, 0.6) is 0 Å². The molecule has 2 nitrogen and oxygen atoms in total. The van der Waals surface area contributed by atoms with Gasteiger partial charge in [0.15, 0.2) is 0 Å². The number of rotatable bonds is 1. The van der Waals surface area contributed by atoms with E-state index in [1.54, 1.807) is 0 Å². The van der Waals surface area contributed by atoms with E-state index in [4.69, 9.17) is 11.6 Å². The highest BCUT2D eigenvalue weighted by Crippen LogP contribution is 2.29. The van der Waals surface area contributed by atoms with Crippen molar-refractivity contribution < 1.29 is 0 Å². The highest BCUT2D eigenvalue weighted by molar-refractivity contribution is 6.31. The Labute approximate surface area is 76.9 Å².